The molecular weight excluding hydrogens is 353 g/mol. The van der Waals surface area contributed by atoms with Crippen LogP contribution in [0.1, 0.15) is 16.8 Å². The summed E-state index contributed by atoms with van der Waals surface area (Å²) in [6, 6.07) is 8.36. The summed E-state index contributed by atoms with van der Waals surface area (Å²) < 4.78 is 38.2. The van der Waals surface area contributed by atoms with Gasteiger partial charge in [-0.15, -0.1) is 0 Å². The number of halogens is 3. The molecule has 0 saturated heterocycles. The van der Waals surface area contributed by atoms with E-state index in [1.807, 2.05) is 24.5 Å². The molecule has 0 aliphatic carbocycles. The van der Waals surface area contributed by atoms with Crippen LogP contribution in [-0.4, -0.2) is 21.6 Å². The second kappa shape index (κ2) is 7.81. The average molecular weight is 368 g/mol. The van der Waals surface area contributed by atoms with Crippen molar-refractivity contribution in [2.24, 2.45) is 0 Å². The van der Waals surface area contributed by atoms with Crippen molar-refractivity contribution in [2.45, 2.75) is 26.1 Å². The molecular formula is C16H15F3N4O3. The Morgan fingerprint density at radius 1 is 1.08 bits per heavy atom. The second-order valence-electron chi connectivity index (χ2n) is 5.41. The summed E-state index contributed by atoms with van der Waals surface area (Å²) in [5.41, 5.74) is 3.66. The normalized spacial score (nSPS) is 11.1. The zero-order valence-corrected chi connectivity index (χ0v) is 13.6. The van der Waals surface area contributed by atoms with Crippen LogP contribution in [0, 0.1) is 6.92 Å². The minimum absolute atomic E-state index is 0.00864. The van der Waals surface area contributed by atoms with Crippen LogP contribution < -0.4 is 16.4 Å². The van der Waals surface area contributed by atoms with E-state index in [0.29, 0.717) is 16.8 Å². The number of carbonyl (C=O) groups excluding carboxylic acids is 2. The monoisotopic (exact) mass is 368 g/mol. The zero-order chi connectivity index (χ0) is 19.3. The van der Waals surface area contributed by atoms with Gasteiger partial charge in [0, 0.05) is 6.07 Å². The third kappa shape index (κ3) is 5.16. The molecule has 1 heterocycles. The van der Waals surface area contributed by atoms with Gasteiger partial charge in [0.1, 0.15) is 6.54 Å². The Bertz CT molecular complexity index is 878. The Hall–Kier alpha value is -3.17. The zero-order valence-electron chi connectivity index (χ0n) is 13.6. The van der Waals surface area contributed by atoms with Crippen LogP contribution in [0.5, 0.6) is 0 Å². The van der Waals surface area contributed by atoms with Crippen LogP contribution in [0.15, 0.2) is 41.2 Å². The molecule has 1 aromatic heterocycles. The Labute approximate surface area is 145 Å². The first-order valence-corrected chi connectivity index (χ1v) is 7.44. The minimum atomic E-state index is -4.74. The van der Waals surface area contributed by atoms with Crippen molar-refractivity contribution in [3.05, 3.63) is 63.6 Å². The maximum atomic E-state index is 12.6. The van der Waals surface area contributed by atoms with E-state index in [2.05, 4.69) is 10.5 Å². The summed E-state index contributed by atoms with van der Waals surface area (Å²) in [4.78, 5) is 35.1. The number of nitrogens with one attached hydrogen (secondary N) is 2. The number of hydrogen-bond donors (Lipinski definition) is 2. The Balaban J connectivity index is 1.94. The highest BCUT2D eigenvalue weighted by atomic mass is 19.4. The van der Waals surface area contributed by atoms with Crippen LogP contribution in [0.25, 0.3) is 0 Å². The van der Waals surface area contributed by atoms with E-state index in [4.69, 9.17) is 0 Å². The van der Waals surface area contributed by atoms with E-state index >= 15 is 0 Å². The van der Waals surface area contributed by atoms with E-state index in [9.17, 15) is 27.6 Å². The Morgan fingerprint density at radius 2 is 1.73 bits per heavy atom. The average Bonchev–Trinajstić information content (AvgIpc) is 2.56. The molecule has 2 amide bonds. The fourth-order valence-corrected chi connectivity index (χ4v) is 2.05. The third-order valence-electron chi connectivity index (χ3n) is 3.40. The number of hydrogen-bond acceptors (Lipinski definition) is 4. The van der Waals surface area contributed by atoms with Crippen molar-refractivity contribution in [1.82, 2.24) is 20.6 Å². The molecule has 2 N–H and O–H groups in total. The maximum absolute atomic E-state index is 12.6. The quantitative estimate of drug-likeness (QED) is 0.787. The highest BCUT2D eigenvalue weighted by molar-refractivity contribution is 5.83. The van der Waals surface area contributed by atoms with Gasteiger partial charge in [-0.25, -0.2) is 4.68 Å². The predicted molar refractivity (Wildman–Crippen MR) is 84.7 cm³/mol. The van der Waals surface area contributed by atoms with Crippen molar-refractivity contribution < 1.29 is 22.8 Å². The fourth-order valence-electron chi connectivity index (χ4n) is 2.05. The van der Waals surface area contributed by atoms with Crippen LogP contribution in [0.2, 0.25) is 0 Å². The fraction of sp³-hybridized carbons (Fsp3) is 0.250. The van der Waals surface area contributed by atoms with Crippen LogP contribution in [0.3, 0.4) is 0 Å². The topological polar surface area (TPSA) is 93.1 Å². The molecule has 0 aliphatic rings. The Kier molecular flexibility index (Phi) is 5.75. The molecule has 0 unspecified atom stereocenters. The molecule has 0 atom stereocenters. The molecule has 10 heteroatoms. The van der Waals surface area contributed by atoms with E-state index in [1.165, 1.54) is 0 Å². The number of amides is 2. The number of aryl methyl sites for hydroxylation is 1. The highest BCUT2D eigenvalue weighted by Gasteiger charge is 2.33. The van der Waals surface area contributed by atoms with E-state index in [0.717, 1.165) is 11.1 Å². The number of nitrogens with zero attached hydrogens (tertiary/aromatic N) is 2. The molecule has 0 fully saturated rings. The van der Waals surface area contributed by atoms with Crippen LogP contribution in [-0.2, 0) is 28.7 Å². The van der Waals surface area contributed by atoms with Crippen LogP contribution >= 0.6 is 0 Å². The van der Waals surface area contributed by atoms with Gasteiger partial charge < -0.3 is 0 Å². The van der Waals surface area contributed by atoms with Crippen molar-refractivity contribution >= 4 is 11.8 Å². The standard InChI is InChI=1S/C16H15F3N4O3/c1-10-4-2-3-5-11(10)8-13(24)20-21-14(25)9-23-15(26)7-6-12(22-23)16(17,18)19/h2-7H,8-9H2,1H3,(H,20,24)(H,21,25). The molecule has 7 nitrogen and oxygen atoms in total. The molecule has 138 valence electrons. The number of benzene rings is 1. The largest absolute Gasteiger partial charge is 0.435 e. The predicted octanol–water partition coefficient (Wildman–Crippen LogP) is 0.961. The summed E-state index contributed by atoms with van der Waals surface area (Å²) in [6.45, 7) is 1.06. The smallest absolute Gasteiger partial charge is 0.273 e. The third-order valence-corrected chi connectivity index (χ3v) is 3.40. The summed E-state index contributed by atoms with van der Waals surface area (Å²) in [6.07, 6.45) is -4.73. The first kappa shape index (κ1) is 19.2. The van der Waals surface area contributed by atoms with Gasteiger partial charge in [-0.2, -0.15) is 18.3 Å². The van der Waals surface area contributed by atoms with E-state index < -0.39 is 35.8 Å². The number of hydrazine groups is 1. The van der Waals surface area contributed by atoms with Gasteiger partial charge in [-0.3, -0.25) is 25.2 Å². The number of aromatic nitrogens is 2. The summed E-state index contributed by atoms with van der Waals surface area (Å²) in [5, 5.41) is 3.10. The molecule has 2 rings (SSSR count). The van der Waals surface area contributed by atoms with Crippen molar-refractivity contribution in [3.63, 3.8) is 0 Å². The lowest BCUT2D eigenvalue weighted by Crippen LogP contribution is -2.45. The Morgan fingerprint density at radius 3 is 2.38 bits per heavy atom. The first-order valence-electron chi connectivity index (χ1n) is 7.44. The van der Waals surface area contributed by atoms with Crippen molar-refractivity contribution in [2.75, 3.05) is 0 Å². The molecule has 0 spiro atoms. The molecule has 0 radical (unpaired) electrons. The van der Waals surface area contributed by atoms with E-state index in [1.54, 1.807) is 12.1 Å². The lowest BCUT2D eigenvalue weighted by molar-refractivity contribution is -0.142. The number of rotatable bonds is 4. The van der Waals surface area contributed by atoms with Crippen molar-refractivity contribution in [1.29, 1.82) is 0 Å². The van der Waals surface area contributed by atoms with Gasteiger partial charge in [-0.05, 0) is 24.1 Å². The molecule has 0 bridgehead atoms. The minimum Gasteiger partial charge on any atom is -0.273 e. The molecule has 1 aromatic carbocycles. The molecule has 0 aliphatic heterocycles. The van der Waals surface area contributed by atoms with Gasteiger partial charge in [0.15, 0.2) is 5.69 Å². The lowest BCUT2D eigenvalue weighted by atomic mass is 10.1. The van der Waals surface area contributed by atoms with Gasteiger partial charge in [0.05, 0.1) is 6.42 Å². The highest BCUT2D eigenvalue weighted by Crippen LogP contribution is 2.26. The molecule has 2 aromatic rings. The van der Waals surface area contributed by atoms with Crippen LogP contribution in [0.4, 0.5) is 13.2 Å². The van der Waals surface area contributed by atoms with Gasteiger partial charge >= 0.3 is 6.18 Å². The maximum Gasteiger partial charge on any atom is 0.435 e. The van der Waals surface area contributed by atoms with Gasteiger partial charge in [-0.1, -0.05) is 24.3 Å². The number of carbonyl (C=O) groups is 2. The summed E-state index contributed by atoms with van der Waals surface area (Å²) in [5.74, 6) is -1.41. The molecule has 0 saturated carbocycles. The summed E-state index contributed by atoms with van der Waals surface area (Å²) in [7, 11) is 0. The van der Waals surface area contributed by atoms with Gasteiger partial charge in [0.2, 0.25) is 5.91 Å². The lowest BCUT2D eigenvalue weighted by Gasteiger charge is -2.11. The number of alkyl halides is 3. The first-order chi connectivity index (χ1) is 12.2. The van der Waals surface area contributed by atoms with Gasteiger partial charge in [0.25, 0.3) is 11.5 Å². The SMILES string of the molecule is Cc1ccccc1CC(=O)NNC(=O)Cn1nc(C(F)(F)F)ccc1=O. The molecule has 26 heavy (non-hydrogen) atoms. The summed E-state index contributed by atoms with van der Waals surface area (Å²) >= 11 is 0. The second-order valence-corrected chi connectivity index (χ2v) is 5.41. The van der Waals surface area contributed by atoms with Crippen molar-refractivity contribution in [3.8, 4) is 0 Å². The van der Waals surface area contributed by atoms with E-state index in [-0.39, 0.29) is 6.42 Å².